The summed E-state index contributed by atoms with van der Waals surface area (Å²) >= 11 is 0. The van der Waals surface area contributed by atoms with E-state index in [9.17, 15) is 24.5 Å². The van der Waals surface area contributed by atoms with Crippen LogP contribution in [0.5, 0.6) is 5.75 Å². The molecular formula is C24H26N4O6. The van der Waals surface area contributed by atoms with Crippen molar-refractivity contribution in [3.8, 4) is 11.4 Å². The molecule has 1 saturated carbocycles. The number of aromatic nitrogens is 1. The van der Waals surface area contributed by atoms with Crippen LogP contribution in [0, 0.1) is 24.0 Å². The number of non-ortho nitro benzene ring substituents is 1. The fraction of sp³-hybridized carbons (Fsp3) is 0.375. The molecule has 0 spiro atoms. The van der Waals surface area contributed by atoms with Gasteiger partial charge in [-0.25, -0.2) is 4.79 Å². The van der Waals surface area contributed by atoms with E-state index in [1.54, 1.807) is 17.6 Å². The number of hydrogen-bond donors (Lipinski definition) is 1. The Morgan fingerprint density at radius 3 is 2.47 bits per heavy atom. The fourth-order valence-electron chi connectivity index (χ4n) is 4.77. The van der Waals surface area contributed by atoms with Gasteiger partial charge in [0, 0.05) is 29.6 Å². The number of amides is 4. The zero-order chi connectivity index (χ0) is 24.6. The number of aryl methyl sites for hydroxylation is 1. The second-order valence-corrected chi connectivity index (χ2v) is 8.56. The number of nitro benzene ring substituents is 1. The van der Waals surface area contributed by atoms with Gasteiger partial charge in [0.15, 0.2) is 0 Å². The van der Waals surface area contributed by atoms with E-state index < -0.39 is 22.8 Å². The number of urea groups is 1. The summed E-state index contributed by atoms with van der Waals surface area (Å²) in [6.07, 6.45) is 5.85. The average Bonchev–Trinajstić information content (AvgIpc) is 3.09. The van der Waals surface area contributed by atoms with Gasteiger partial charge in [-0.1, -0.05) is 19.3 Å². The van der Waals surface area contributed by atoms with Crippen molar-refractivity contribution in [1.29, 1.82) is 0 Å². The Hall–Kier alpha value is -3.95. The number of carbonyl (C=O) groups excluding carboxylic acids is 3. The first kappa shape index (κ1) is 23.2. The minimum absolute atomic E-state index is 0.0910. The smallest absolute Gasteiger partial charge is 0.331 e. The van der Waals surface area contributed by atoms with Gasteiger partial charge < -0.3 is 9.30 Å². The van der Waals surface area contributed by atoms with E-state index in [1.165, 1.54) is 36.3 Å². The minimum atomic E-state index is -0.736. The number of methoxy groups -OCH3 is 1. The zero-order valence-electron chi connectivity index (χ0n) is 19.3. The molecule has 10 heteroatoms. The molecule has 1 saturated heterocycles. The molecule has 0 unspecified atom stereocenters. The van der Waals surface area contributed by atoms with Crippen LogP contribution in [0.2, 0.25) is 0 Å². The Morgan fingerprint density at radius 2 is 1.82 bits per heavy atom. The van der Waals surface area contributed by atoms with Crippen molar-refractivity contribution in [2.45, 2.75) is 52.0 Å². The monoisotopic (exact) mass is 466 g/mol. The molecule has 0 atom stereocenters. The lowest BCUT2D eigenvalue weighted by atomic mass is 9.93. The molecule has 2 fully saturated rings. The van der Waals surface area contributed by atoms with Gasteiger partial charge in [-0.2, -0.15) is 0 Å². The van der Waals surface area contributed by atoms with Crippen molar-refractivity contribution in [1.82, 2.24) is 14.8 Å². The largest absolute Gasteiger partial charge is 0.495 e. The number of nitrogens with one attached hydrogen (secondary N) is 1. The highest BCUT2D eigenvalue weighted by Crippen LogP contribution is 2.33. The quantitative estimate of drug-likeness (QED) is 0.309. The fourth-order valence-corrected chi connectivity index (χ4v) is 4.77. The predicted octanol–water partition coefficient (Wildman–Crippen LogP) is 3.81. The molecular weight excluding hydrogens is 440 g/mol. The van der Waals surface area contributed by atoms with Crippen LogP contribution in [0.1, 0.15) is 49.1 Å². The highest BCUT2D eigenvalue weighted by atomic mass is 16.6. The summed E-state index contributed by atoms with van der Waals surface area (Å²) in [5.74, 6) is -0.898. The molecule has 1 aromatic carbocycles. The second-order valence-electron chi connectivity index (χ2n) is 8.56. The molecule has 178 valence electrons. The lowest BCUT2D eigenvalue weighted by Gasteiger charge is -2.35. The molecule has 2 aromatic rings. The summed E-state index contributed by atoms with van der Waals surface area (Å²) in [6, 6.07) is 5.18. The standard InChI is InChI=1S/C24H26N4O6/c1-14-11-16(15(2)26(14)20-13-18(28(32)33)9-10-21(20)34-3)12-19-22(29)25-24(31)27(23(19)30)17-7-5-4-6-8-17/h9-13,17H,4-8H2,1-3H3,(H,25,29,31). The summed E-state index contributed by atoms with van der Waals surface area (Å²) in [7, 11) is 1.48. The van der Waals surface area contributed by atoms with Crippen molar-refractivity contribution in [3.63, 3.8) is 0 Å². The van der Waals surface area contributed by atoms with Crippen LogP contribution in [0.3, 0.4) is 0 Å². The lowest BCUT2D eigenvalue weighted by molar-refractivity contribution is -0.384. The Morgan fingerprint density at radius 1 is 1.12 bits per heavy atom. The molecule has 34 heavy (non-hydrogen) atoms. The van der Waals surface area contributed by atoms with Gasteiger partial charge >= 0.3 is 6.03 Å². The van der Waals surface area contributed by atoms with E-state index in [4.69, 9.17) is 4.74 Å². The average molecular weight is 466 g/mol. The van der Waals surface area contributed by atoms with Crippen LogP contribution >= 0.6 is 0 Å². The Bertz CT molecular complexity index is 1220. The number of hydrogen-bond acceptors (Lipinski definition) is 6. The molecule has 0 radical (unpaired) electrons. The first-order valence-corrected chi connectivity index (χ1v) is 11.1. The summed E-state index contributed by atoms with van der Waals surface area (Å²) in [4.78, 5) is 50.3. The van der Waals surface area contributed by atoms with Crippen molar-refractivity contribution >= 4 is 29.6 Å². The van der Waals surface area contributed by atoms with Crippen LogP contribution in [0.15, 0.2) is 29.8 Å². The molecule has 1 aromatic heterocycles. The third-order valence-electron chi connectivity index (χ3n) is 6.46. The first-order chi connectivity index (χ1) is 16.2. The van der Waals surface area contributed by atoms with Gasteiger partial charge in [0.1, 0.15) is 11.3 Å². The third kappa shape index (κ3) is 4.07. The molecule has 0 bridgehead atoms. The van der Waals surface area contributed by atoms with E-state index in [0.717, 1.165) is 37.8 Å². The highest BCUT2D eigenvalue weighted by molar-refractivity contribution is 6.31. The van der Waals surface area contributed by atoms with Gasteiger partial charge in [-0.05, 0) is 50.5 Å². The van der Waals surface area contributed by atoms with Crippen LogP contribution < -0.4 is 10.1 Å². The van der Waals surface area contributed by atoms with Crippen molar-refractivity contribution < 1.29 is 24.0 Å². The van der Waals surface area contributed by atoms with Gasteiger partial charge in [0.05, 0.1) is 17.7 Å². The molecule has 10 nitrogen and oxygen atoms in total. The first-order valence-electron chi connectivity index (χ1n) is 11.1. The zero-order valence-corrected chi connectivity index (χ0v) is 19.3. The summed E-state index contributed by atoms with van der Waals surface area (Å²) in [6.45, 7) is 3.60. The van der Waals surface area contributed by atoms with E-state index in [-0.39, 0.29) is 17.3 Å². The Labute approximate surface area is 196 Å². The van der Waals surface area contributed by atoms with Crippen LogP contribution in [-0.2, 0) is 9.59 Å². The number of barbiturate groups is 1. The van der Waals surface area contributed by atoms with Crippen molar-refractivity contribution in [2.24, 2.45) is 0 Å². The van der Waals surface area contributed by atoms with Crippen LogP contribution in [0.4, 0.5) is 10.5 Å². The lowest BCUT2D eigenvalue weighted by Crippen LogP contribution is -2.58. The molecule has 1 aliphatic carbocycles. The van der Waals surface area contributed by atoms with Crippen molar-refractivity contribution in [2.75, 3.05) is 7.11 Å². The molecule has 2 aliphatic rings. The van der Waals surface area contributed by atoms with Crippen LogP contribution in [0.25, 0.3) is 11.8 Å². The maximum atomic E-state index is 13.2. The summed E-state index contributed by atoms with van der Waals surface area (Å²) < 4.78 is 7.18. The number of rotatable bonds is 5. The molecule has 1 N–H and O–H groups in total. The van der Waals surface area contributed by atoms with E-state index in [1.807, 2.05) is 6.92 Å². The van der Waals surface area contributed by atoms with Gasteiger partial charge in [-0.3, -0.25) is 29.9 Å². The molecule has 2 heterocycles. The number of carbonyl (C=O) groups is 3. The Kier molecular flexibility index (Phi) is 6.23. The second kappa shape index (κ2) is 9.12. The topological polar surface area (TPSA) is 124 Å². The van der Waals surface area contributed by atoms with E-state index >= 15 is 0 Å². The minimum Gasteiger partial charge on any atom is -0.495 e. The SMILES string of the molecule is COc1ccc([N+](=O)[O-])cc1-n1c(C)cc(C=C2C(=O)NC(=O)N(C3CCCCC3)C2=O)c1C. The normalized spacial score (nSPS) is 18.4. The van der Waals surface area contributed by atoms with Crippen LogP contribution in [-0.4, -0.2) is 45.4 Å². The molecule has 4 amide bonds. The number of nitro groups is 1. The number of nitrogens with zero attached hydrogens (tertiary/aromatic N) is 3. The molecule has 4 rings (SSSR count). The number of benzene rings is 1. The van der Waals surface area contributed by atoms with Gasteiger partial charge in [-0.15, -0.1) is 0 Å². The van der Waals surface area contributed by atoms with Gasteiger partial charge in [0.2, 0.25) is 0 Å². The Balaban J connectivity index is 1.76. The van der Waals surface area contributed by atoms with Crippen molar-refractivity contribution in [3.05, 3.63) is 56.9 Å². The highest BCUT2D eigenvalue weighted by Gasteiger charge is 2.40. The number of ether oxygens (including phenoxy) is 1. The van der Waals surface area contributed by atoms with E-state index in [0.29, 0.717) is 22.7 Å². The molecule has 1 aliphatic heterocycles. The van der Waals surface area contributed by atoms with Gasteiger partial charge in [0.25, 0.3) is 17.5 Å². The summed E-state index contributed by atoms with van der Waals surface area (Å²) in [5.41, 5.74) is 2.23. The third-order valence-corrected chi connectivity index (χ3v) is 6.46. The summed E-state index contributed by atoms with van der Waals surface area (Å²) in [5, 5.41) is 13.6. The number of imide groups is 2. The maximum Gasteiger partial charge on any atom is 0.331 e. The predicted molar refractivity (Wildman–Crippen MR) is 124 cm³/mol. The van der Waals surface area contributed by atoms with E-state index in [2.05, 4.69) is 5.32 Å². The maximum absolute atomic E-state index is 13.2.